The van der Waals surface area contributed by atoms with Gasteiger partial charge >= 0.3 is 0 Å². The number of nitrogens with one attached hydrogen (secondary N) is 1. The van der Waals surface area contributed by atoms with Crippen molar-refractivity contribution in [2.45, 2.75) is 26.3 Å². The summed E-state index contributed by atoms with van der Waals surface area (Å²) in [6, 6.07) is 9.58. The number of anilines is 2. The highest BCUT2D eigenvalue weighted by Gasteiger charge is 2.43. The maximum Gasteiger partial charge on any atom is 0.252 e. The summed E-state index contributed by atoms with van der Waals surface area (Å²) in [4.78, 5) is 32.8. The minimum absolute atomic E-state index is 0.112. The number of carbonyl (C=O) groups excluding carboxylic acids is 2. The van der Waals surface area contributed by atoms with E-state index in [4.69, 9.17) is 5.73 Å². The normalized spacial score (nSPS) is 15.9. The smallest absolute Gasteiger partial charge is 0.252 e. The topological polar surface area (TPSA) is 138 Å². The molecule has 2 amide bonds. The van der Waals surface area contributed by atoms with Crippen molar-refractivity contribution in [2.24, 2.45) is 0 Å². The molecule has 1 saturated heterocycles. The lowest BCUT2D eigenvalue weighted by atomic mass is 9.96. The summed E-state index contributed by atoms with van der Waals surface area (Å²) in [6.45, 7) is 5.92. The zero-order valence-electron chi connectivity index (χ0n) is 18.5. The fraction of sp³-hybridized carbons (Fsp3) is 0.273. The van der Waals surface area contributed by atoms with Crippen LogP contribution in [0.2, 0.25) is 0 Å². The van der Waals surface area contributed by atoms with Crippen LogP contribution >= 0.6 is 0 Å². The van der Waals surface area contributed by atoms with Crippen molar-refractivity contribution in [3.63, 3.8) is 0 Å². The van der Waals surface area contributed by atoms with Crippen LogP contribution in [0.15, 0.2) is 42.9 Å². The van der Waals surface area contributed by atoms with Gasteiger partial charge in [-0.25, -0.2) is 9.50 Å². The number of carbonyl (C=O) groups is 2. The molecule has 0 atom stereocenters. The van der Waals surface area contributed by atoms with Gasteiger partial charge < -0.3 is 15.5 Å². The van der Waals surface area contributed by atoms with Gasteiger partial charge in [-0.2, -0.15) is 20.5 Å². The lowest BCUT2D eigenvalue weighted by Crippen LogP contribution is -2.64. The molecule has 1 aromatic carbocycles. The molecule has 1 aliphatic rings. The van der Waals surface area contributed by atoms with Gasteiger partial charge in [-0.1, -0.05) is 12.1 Å². The Labute approximate surface area is 189 Å². The van der Waals surface area contributed by atoms with E-state index in [1.807, 2.05) is 30.3 Å². The highest BCUT2D eigenvalue weighted by atomic mass is 16.2. The largest absolute Gasteiger partial charge is 0.382 e. The third-order valence-corrected chi connectivity index (χ3v) is 6.10. The number of hydrogen-bond donors (Lipinski definition) is 2. The predicted molar refractivity (Wildman–Crippen MR) is 122 cm³/mol. The van der Waals surface area contributed by atoms with E-state index in [1.54, 1.807) is 34.4 Å². The molecule has 0 spiro atoms. The molecular formula is C22H23N9O2. The van der Waals surface area contributed by atoms with E-state index >= 15 is 0 Å². The number of hydrogen-bond acceptors (Lipinski definition) is 7. The van der Waals surface area contributed by atoms with Gasteiger partial charge in [0, 0.05) is 36.8 Å². The van der Waals surface area contributed by atoms with Crippen LogP contribution in [0.25, 0.3) is 28.0 Å². The van der Waals surface area contributed by atoms with Crippen molar-refractivity contribution in [3.05, 3.63) is 42.9 Å². The number of nitrogens with two attached hydrogens (primary N) is 1. The van der Waals surface area contributed by atoms with Gasteiger partial charge in [-0.3, -0.25) is 9.59 Å². The Morgan fingerprint density at radius 1 is 1.21 bits per heavy atom. The van der Waals surface area contributed by atoms with Crippen molar-refractivity contribution in [1.82, 2.24) is 34.9 Å². The second-order valence-electron chi connectivity index (χ2n) is 8.44. The van der Waals surface area contributed by atoms with E-state index in [0.29, 0.717) is 30.1 Å². The molecular weight excluding hydrogens is 422 g/mol. The maximum atomic E-state index is 13.3. The van der Waals surface area contributed by atoms with Crippen LogP contribution in [0.5, 0.6) is 0 Å². The monoisotopic (exact) mass is 445 g/mol. The van der Waals surface area contributed by atoms with E-state index in [2.05, 4.69) is 25.5 Å². The molecule has 1 fully saturated rings. The Kier molecular flexibility index (Phi) is 4.62. The SMILES string of the molecule is CC(=O)N1CCN(c2cccc(-c3cc(-c4cn[nH]n4)c4c(N)ncnn34)c2)C(=O)C1(C)C. The summed E-state index contributed by atoms with van der Waals surface area (Å²) >= 11 is 0. The van der Waals surface area contributed by atoms with Crippen molar-refractivity contribution in [2.75, 3.05) is 23.7 Å². The number of aromatic nitrogens is 6. The summed E-state index contributed by atoms with van der Waals surface area (Å²) in [5, 5.41) is 15.1. The number of piperazine rings is 1. The van der Waals surface area contributed by atoms with Crippen molar-refractivity contribution < 1.29 is 9.59 Å². The Balaban J connectivity index is 1.60. The van der Waals surface area contributed by atoms with Gasteiger partial charge in [0.1, 0.15) is 23.1 Å². The first-order chi connectivity index (χ1) is 15.8. The van der Waals surface area contributed by atoms with Crippen LogP contribution in [-0.2, 0) is 9.59 Å². The second-order valence-corrected chi connectivity index (χ2v) is 8.44. The van der Waals surface area contributed by atoms with E-state index < -0.39 is 5.54 Å². The Hall–Kier alpha value is -4.28. The van der Waals surface area contributed by atoms with Crippen LogP contribution < -0.4 is 10.6 Å². The molecule has 0 radical (unpaired) electrons. The molecule has 0 unspecified atom stereocenters. The average molecular weight is 445 g/mol. The quantitative estimate of drug-likeness (QED) is 0.490. The van der Waals surface area contributed by atoms with Gasteiger partial charge in [-0.05, 0) is 32.0 Å². The number of aromatic amines is 1. The summed E-state index contributed by atoms with van der Waals surface area (Å²) in [5.74, 6) is 0.0812. The fourth-order valence-corrected chi connectivity index (χ4v) is 4.46. The molecule has 11 nitrogen and oxygen atoms in total. The van der Waals surface area contributed by atoms with Gasteiger partial charge in [0.05, 0.1) is 11.9 Å². The Morgan fingerprint density at radius 3 is 2.76 bits per heavy atom. The molecule has 0 aliphatic carbocycles. The average Bonchev–Trinajstić information content (AvgIpc) is 3.44. The summed E-state index contributed by atoms with van der Waals surface area (Å²) in [6.07, 6.45) is 3.01. The standard InChI is InChI=1S/C22H23N9O2/c1-13(32)30-8-7-29(21(33)22(30,2)3)15-6-4-5-14(9-15)18-10-16(17-11-25-28-27-17)19-20(23)24-12-26-31(18)19/h4-6,9-12H,7-8H2,1-3H3,(H2,23,24,26)(H,25,27,28). The van der Waals surface area contributed by atoms with E-state index in [9.17, 15) is 9.59 Å². The molecule has 5 rings (SSSR count). The predicted octanol–water partition coefficient (Wildman–Crippen LogP) is 1.74. The van der Waals surface area contributed by atoms with Gasteiger partial charge in [0.2, 0.25) is 5.91 Å². The molecule has 3 aromatic heterocycles. The van der Waals surface area contributed by atoms with Crippen LogP contribution in [0.3, 0.4) is 0 Å². The molecule has 4 aromatic rings. The van der Waals surface area contributed by atoms with Crippen molar-refractivity contribution >= 4 is 28.8 Å². The first-order valence-corrected chi connectivity index (χ1v) is 10.5. The van der Waals surface area contributed by atoms with Gasteiger partial charge in [0.15, 0.2) is 5.82 Å². The Morgan fingerprint density at radius 2 is 2.03 bits per heavy atom. The third kappa shape index (κ3) is 3.20. The summed E-state index contributed by atoms with van der Waals surface area (Å²) < 4.78 is 1.71. The van der Waals surface area contributed by atoms with Gasteiger partial charge in [-0.15, -0.1) is 0 Å². The zero-order chi connectivity index (χ0) is 23.3. The second kappa shape index (κ2) is 7.40. The molecule has 0 saturated carbocycles. The number of rotatable bonds is 3. The molecule has 0 bridgehead atoms. The van der Waals surface area contributed by atoms with Crippen LogP contribution in [0, 0.1) is 0 Å². The van der Waals surface area contributed by atoms with Crippen molar-refractivity contribution in [1.29, 1.82) is 0 Å². The van der Waals surface area contributed by atoms with Crippen molar-refractivity contribution in [3.8, 4) is 22.5 Å². The number of benzene rings is 1. The van der Waals surface area contributed by atoms with E-state index in [-0.39, 0.29) is 11.8 Å². The fourth-order valence-electron chi connectivity index (χ4n) is 4.46. The Bertz CT molecular complexity index is 1370. The lowest BCUT2D eigenvalue weighted by molar-refractivity contribution is -0.145. The molecule has 33 heavy (non-hydrogen) atoms. The lowest BCUT2D eigenvalue weighted by Gasteiger charge is -2.45. The summed E-state index contributed by atoms with van der Waals surface area (Å²) in [5.41, 5.74) is 9.59. The van der Waals surface area contributed by atoms with E-state index in [1.165, 1.54) is 13.3 Å². The number of fused-ring (bicyclic) bond motifs is 1. The van der Waals surface area contributed by atoms with Crippen LogP contribution in [0.4, 0.5) is 11.5 Å². The highest BCUT2D eigenvalue weighted by molar-refractivity contribution is 6.03. The molecule has 4 heterocycles. The zero-order valence-corrected chi connectivity index (χ0v) is 18.5. The van der Waals surface area contributed by atoms with Gasteiger partial charge in [0.25, 0.3) is 5.91 Å². The highest BCUT2D eigenvalue weighted by Crippen LogP contribution is 2.35. The number of H-pyrrole nitrogens is 1. The van der Waals surface area contributed by atoms with E-state index in [0.717, 1.165) is 22.5 Å². The first kappa shape index (κ1) is 20.6. The maximum absolute atomic E-state index is 13.3. The minimum atomic E-state index is -0.927. The van der Waals surface area contributed by atoms with Crippen LogP contribution in [-0.4, -0.2) is 65.4 Å². The molecule has 1 aliphatic heterocycles. The number of amides is 2. The number of nitrogens with zero attached hydrogens (tertiary/aromatic N) is 7. The molecule has 3 N–H and O–H groups in total. The van der Waals surface area contributed by atoms with Crippen LogP contribution in [0.1, 0.15) is 20.8 Å². The molecule has 11 heteroatoms. The molecule has 168 valence electrons. The number of nitrogen functional groups attached to an aromatic ring is 1. The minimum Gasteiger partial charge on any atom is -0.382 e. The first-order valence-electron chi connectivity index (χ1n) is 10.5. The summed E-state index contributed by atoms with van der Waals surface area (Å²) in [7, 11) is 0. The third-order valence-electron chi connectivity index (χ3n) is 6.10.